The summed E-state index contributed by atoms with van der Waals surface area (Å²) in [6, 6.07) is 6.71. The number of likely N-dealkylation sites (tertiary alicyclic amines) is 1. The van der Waals surface area contributed by atoms with Gasteiger partial charge in [0, 0.05) is 25.7 Å². The third kappa shape index (κ3) is 4.04. The number of hydrogen-bond acceptors (Lipinski definition) is 3. The second-order valence-electron chi connectivity index (χ2n) is 6.52. The van der Waals surface area contributed by atoms with E-state index in [4.69, 9.17) is 0 Å². The average molecular weight is 333 g/mol. The zero-order valence-electron chi connectivity index (χ0n) is 14.1. The molecule has 2 atom stereocenters. The number of rotatable bonds is 4. The number of aliphatic carboxylic acids is 1. The van der Waals surface area contributed by atoms with Gasteiger partial charge in [0.05, 0.1) is 11.5 Å². The Morgan fingerprint density at radius 2 is 2.04 bits per heavy atom. The Morgan fingerprint density at radius 3 is 2.62 bits per heavy atom. The highest BCUT2D eigenvalue weighted by Gasteiger charge is 2.42. The van der Waals surface area contributed by atoms with Crippen molar-refractivity contribution in [2.75, 3.05) is 18.4 Å². The second kappa shape index (κ2) is 6.90. The lowest BCUT2D eigenvalue weighted by molar-refractivity contribution is -0.147. The first kappa shape index (κ1) is 17.8. The van der Waals surface area contributed by atoms with Crippen LogP contribution in [0.2, 0.25) is 0 Å². The van der Waals surface area contributed by atoms with Crippen LogP contribution in [-0.4, -0.2) is 41.0 Å². The lowest BCUT2D eigenvalue weighted by Gasteiger charge is -2.23. The van der Waals surface area contributed by atoms with Crippen LogP contribution in [0, 0.1) is 5.41 Å². The summed E-state index contributed by atoms with van der Waals surface area (Å²) in [6.45, 7) is 5.56. The lowest BCUT2D eigenvalue weighted by atomic mass is 9.90. The van der Waals surface area contributed by atoms with E-state index in [9.17, 15) is 19.5 Å². The third-order valence-corrected chi connectivity index (χ3v) is 4.32. The summed E-state index contributed by atoms with van der Waals surface area (Å²) in [4.78, 5) is 36.3. The van der Waals surface area contributed by atoms with Crippen molar-refractivity contribution in [1.82, 2.24) is 10.2 Å². The molecule has 1 heterocycles. The van der Waals surface area contributed by atoms with Gasteiger partial charge in [-0.1, -0.05) is 12.1 Å². The van der Waals surface area contributed by atoms with Crippen LogP contribution in [0.3, 0.4) is 0 Å². The summed E-state index contributed by atoms with van der Waals surface area (Å²) in [7, 11) is 0. The number of carbonyl (C=O) groups is 3. The summed E-state index contributed by atoms with van der Waals surface area (Å²) >= 11 is 0. The maximum Gasteiger partial charge on any atom is 0.317 e. The summed E-state index contributed by atoms with van der Waals surface area (Å²) in [5.41, 5.74) is 0.641. The molecule has 7 nitrogen and oxygen atoms in total. The molecule has 1 saturated heterocycles. The number of carboxylic acid groups (broad SMARTS) is 1. The van der Waals surface area contributed by atoms with Crippen LogP contribution < -0.4 is 10.6 Å². The molecule has 0 aromatic heterocycles. The van der Waals surface area contributed by atoms with Crippen molar-refractivity contribution in [2.24, 2.45) is 5.41 Å². The molecule has 1 aliphatic rings. The first-order chi connectivity index (χ1) is 11.2. The number of benzene rings is 1. The minimum atomic E-state index is -0.883. The van der Waals surface area contributed by atoms with Crippen molar-refractivity contribution < 1.29 is 19.5 Å². The fourth-order valence-corrected chi connectivity index (χ4v) is 2.76. The fourth-order valence-electron chi connectivity index (χ4n) is 2.76. The Labute approximate surface area is 141 Å². The minimum absolute atomic E-state index is 0.158. The molecule has 3 N–H and O–H groups in total. The van der Waals surface area contributed by atoms with Gasteiger partial charge < -0.3 is 20.6 Å². The van der Waals surface area contributed by atoms with Crippen molar-refractivity contribution in [3.63, 3.8) is 0 Å². The van der Waals surface area contributed by atoms with E-state index < -0.39 is 11.4 Å². The molecular weight excluding hydrogens is 310 g/mol. The zero-order chi connectivity index (χ0) is 17.9. The van der Waals surface area contributed by atoms with E-state index in [1.54, 1.807) is 25.1 Å². The largest absolute Gasteiger partial charge is 0.481 e. The van der Waals surface area contributed by atoms with Crippen LogP contribution in [0.5, 0.6) is 0 Å². The second-order valence-corrected chi connectivity index (χ2v) is 6.52. The predicted molar refractivity (Wildman–Crippen MR) is 89.6 cm³/mol. The van der Waals surface area contributed by atoms with Crippen molar-refractivity contribution in [2.45, 2.75) is 33.2 Å². The molecule has 1 fully saturated rings. The van der Waals surface area contributed by atoms with Crippen molar-refractivity contribution in [1.29, 1.82) is 0 Å². The van der Waals surface area contributed by atoms with E-state index in [1.807, 2.05) is 13.0 Å². The van der Waals surface area contributed by atoms with Gasteiger partial charge in [-0.3, -0.25) is 9.59 Å². The molecular formula is C17H23N3O4. The minimum Gasteiger partial charge on any atom is -0.481 e. The molecule has 3 amide bonds. The highest BCUT2D eigenvalue weighted by molar-refractivity contribution is 5.88. The molecule has 2 rings (SSSR count). The molecule has 24 heavy (non-hydrogen) atoms. The number of urea groups is 1. The Bertz CT molecular complexity index is 661. The smallest absolute Gasteiger partial charge is 0.317 e. The Balaban J connectivity index is 1.99. The maximum absolute atomic E-state index is 12.4. The molecule has 1 aromatic carbocycles. The van der Waals surface area contributed by atoms with E-state index in [0.717, 1.165) is 5.56 Å². The summed E-state index contributed by atoms with van der Waals surface area (Å²) < 4.78 is 0. The standard InChI is InChI=1S/C17H23N3O4/c1-11(13-5-4-6-14(9-13)19-12(2)21)18-16(24)20-8-7-17(3,10-20)15(22)23/h4-6,9,11H,7-8,10H2,1-3H3,(H,18,24)(H,19,21)(H,22,23). The summed E-state index contributed by atoms with van der Waals surface area (Å²) in [5, 5.41) is 14.8. The number of carbonyl (C=O) groups excluding carboxylic acids is 2. The van der Waals surface area contributed by atoms with Crippen molar-refractivity contribution in [3.05, 3.63) is 29.8 Å². The molecule has 2 unspecified atom stereocenters. The molecule has 7 heteroatoms. The van der Waals surface area contributed by atoms with E-state index in [-0.39, 0.29) is 24.5 Å². The van der Waals surface area contributed by atoms with Gasteiger partial charge in [0.2, 0.25) is 5.91 Å². The van der Waals surface area contributed by atoms with Gasteiger partial charge in [0.15, 0.2) is 0 Å². The zero-order valence-corrected chi connectivity index (χ0v) is 14.1. The Kier molecular flexibility index (Phi) is 5.11. The van der Waals surface area contributed by atoms with Gasteiger partial charge in [-0.2, -0.15) is 0 Å². The van der Waals surface area contributed by atoms with Gasteiger partial charge in [0.1, 0.15) is 0 Å². The first-order valence-corrected chi connectivity index (χ1v) is 7.88. The van der Waals surface area contributed by atoms with Crippen LogP contribution in [-0.2, 0) is 9.59 Å². The number of nitrogens with one attached hydrogen (secondary N) is 2. The Morgan fingerprint density at radius 1 is 1.33 bits per heavy atom. The van der Waals surface area contributed by atoms with Gasteiger partial charge in [-0.25, -0.2) is 4.79 Å². The van der Waals surface area contributed by atoms with Gasteiger partial charge in [-0.05, 0) is 38.0 Å². The van der Waals surface area contributed by atoms with Gasteiger partial charge in [0.25, 0.3) is 0 Å². The third-order valence-electron chi connectivity index (χ3n) is 4.32. The fraction of sp³-hybridized carbons (Fsp3) is 0.471. The molecule has 1 aliphatic heterocycles. The van der Waals surface area contributed by atoms with Crippen LogP contribution in [0.4, 0.5) is 10.5 Å². The van der Waals surface area contributed by atoms with Crippen LogP contribution in [0.15, 0.2) is 24.3 Å². The molecule has 1 aromatic rings. The van der Waals surface area contributed by atoms with E-state index >= 15 is 0 Å². The quantitative estimate of drug-likeness (QED) is 0.786. The van der Waals surface area contributed by atoms with Gasteiger partial charge >= 0.3 is 12.0 Å². The SMILES string of the molecule is CC(=O)Nc1cccc(C(C)NC(=O)N2CCC(C)(C(=O)O)C2)c1. The molecule has 0 spiro atoms. The molecule has 130 valence electrons. The van der Waals surface area contributed by atoms with E-state index in [1.165, 1.54) is 11.8 Å². The lowest BCUT2D eigenvalue weighted by Crippen LogP contribution is -2.41. The van der Waals surface area contributed by atoms with Crippen LogP contribution in [0.1, 0.15) is 38.8 Å². The summed E-state index contributed by atoms with van der Waals surface area (Å²) in [6.07, 6.45) is 0.447. The predicted octanol–water partition coefficient (Wildman–Crippen LogP) is 2.21. The first-order valence-electron chi connectivity index (χ1n) is 7.88. The van der Waals surface area contributed by atoms with Crippen molar-refractivity contribution >= 4 is 23.6 Å². The normalized spacial score (nSPS) is 21.2. The Hall–Kier alpha value is -2.57. The monoisotopic (exact) mass is 333 g/mol. The van der Waals surface area contributed by atoms with Gasteiger partial charge in [-0.15, -0.1) is 0 Å². The van der Waals surface area contributed by atoms with Crippen LogP contribution in [0.25, 0.3) is 0 Å². The van der Waals surface area contributed by atoms with Crippen molar-refractivity contribution in [3.8, 4) is 0 Å². The number of carboxylic acids is 1. The van der Waals surface area contributed by atoms with E-state index in [2.05, 4.69) is 10.6 Å². The number of hydrogen-bond donors (Lipinski definition) is 3. The molecule has 0 aliphatic carbocycles. The van der Waals surface area contributed by atoms with E-state index in [0.29, 0.717) is 18.7 Å². The highest BCUT2D eigenvalue weighted by Crippen LogP contribution is 2.30. The number of anilines is 1. The maximum atomic E-state index is 12.4. The number of nitrogens with zero attached hydrogens (tertiary/aromatic N) is 1. The number of amides is 3. The molecule has 0 saturated carbocycles. The molecule has 0 bridgehead atoms. The topological polar surface area (TPSA) is 98.7 Å². The summed E-state index contributed by atoms with van der Waals surface area (Å²) in [5.74, 6) is -1.04. The van der Waals surface area contributed by atoms with Crippen LogP contribution >= 0.6 is 0 Å². The average Bonchev–Trinajstić information content (AvgIpc) is 2.91. The highest BCUT2D eigenvalue weighted by atomic mass is 16.4. The molecule has 0 radical (unpaired) electrons.